The lowest BCUT2D eigenvalue weighted by Gasteiger charge is -2.43. The molecule has 10 heteroatoms. The van der Waals surface area contributed by atoms with Crippen molar-refractivity contribution in [1.82, 2.24) is 24.1 Å². The second-order valence-electron chi connectivity index (χ2n) is 11.8. The first kappa shape index (κ1) is 29.0. The minimum atomic E-state index is -3.16. The van der Waals surface area contributed by atoms with E-state index in [1.54, 1.807) is 13.4 Å². The lowest BCUT2D eigenvalue weighted by molar-refractivity contribution is 0.0542. The molecule has 1 unspecified atom stereocenters. The zero-order valence-electron chi connectivity index (χ0n) is 24.2. The highest BCUT2D eigenvalue weighted by molar-refractivity contribution is 7.88. The first-order chi connectivity index (χ1) is 19.2. The molecule has 5 rings (SSSR count). The van der Waals surface area contributed by atoms with Crippen molar-refractivity contribution in [2.45, 2.75) is 64.0 Å². The van der Waals surface area contributed by atoms with Crippen LogP contribution in [0.5, 0.6) is 0 Å². The summed E-state index contributed by atoms with van der Waals surface area (Å²) in [7, 11) is -1.47. The van der Waals surface area contributed by atoms with Gasteiger partial charge < -0.3 is 14.7 Å². The van der Waals surface area contributed by atoms with Crippen LogP contribution in [0.2, 0.25) is 0 Å². The topological polar surface area (TPSA) is 90.0 Å². The Bertz CT molecular complexity index is 1260. The fourth-order valence-corrected chi connectivity index (χ4v) is 7.46. The SMILES string of the molecule is Cc1c(CCC2CCN(c3ccccc3)C2)ncnc1C(=O)N1CCC(N2CCC(N(C)S(C)(=O)=O)CC2)CC1. The molecule has 1 amide bonds. The Labute approximate surface area is 239 Å². The van der Waals surface area contributed by atoms with Crippen molar-refractivity contribution in [2.24, 2.45) is 5.92 Å². The number of nitrogens with zero attached hydrogens (tertiary/aromatic N) is 6. The zero-order valence-corrected chi connectivity index (χ0v) is 25.0. The number of hydrogen-bond acceptors (Lipinski definition) is 7. The number of amides is 1. The van der Waals surface area contributed by atoms with Crippen molar-refractivity contribution in [3.63, 3.8) is 0 Å². The highest BCUT2D eigenvalue weighted by Crippen LogP contribution is 2.28. The first-order valence-electron chi connectivity index (χ1n) is 14.8. The minimum absolute atomic E-state index is 0.0178. The second kappa shape index (κ2) is 12.5. The smallest absolute Gasteiger partial charge is 0.272 e. The molecule has 0 spiro atoms. The van der Waals surface area contributed by atoms with Crippen molar-refractivity contribution in [1.29, 1.82) is 0 Å². The molecule has 0 saturated carbocycles. The third-order valence-corrected chi connectivity index (χ3v) is 10.7. The van der Waals surface area contributed by atoms with Crippen LogP contribution in [-0.4, -0.2) is 103 Å². The van der Waals surface area contributed by atoms with Gasteiger partial charge in [-0.3, -0.25) is 4.79 Å². The van der Waals surface area contributed by atoms with E-state index >= 15 is 0 Å². The Morgan fingerprint density at radius 1 is 0.975 bits per heavy atom. The van der Waals surface area contributed by atoms with E-state index in [9.17, 15) is 13.2 Å². The van der Waals surface area contributed by atoms with Gasteiger partial charge in [-0.2, -0.15) is 0 Å². The van der Waals surface area contributed by atoms with E-state index in [1.165, 1.54) is 22.7 Å². The fourth-order valence-electron chi connectivity index (χ4n) is 6.71. The number of benzene rings is 1. The summed E-state index contributed by atoms with van der Waals surface area (Å²) in [6, 6.07) is 11.1. The Hall–Kier alpha value is -2.56. The minimum Gasteiger partial charge on any atom is -0.371 e. The molecule has 0 N–H and O–H groups in total. The molecule has 3 aliphatic heterocycles. The standard InChI is InChI=1S/C30H44N6O3S/c1-23-28(10-9-24-11-16-36(21-24)26-7-5-4-6-8-26)31-22-32-29(23)30(37)35-19-14-27(15-20-35)34-17-12-25(13-18-34)33(2)40(3,38)39/h4-8,22,24-25,27H,9-21H2,1-3H3. The molecule has 0 radical (unpaired) electrons. The van der Waals surface area contributed by atoms with Crippen LogP contribution in [-0.2, 0) is 16.4 Å². The Kier molecular flexibility index (Phi) is 9.07. The molecule has 1 atom stereocenters. The summed E-state index contributed by atoms with van der Waals surface area (Å²) in [4.78, 5) is 29.4. The number of rotatable bonds is 8. The normalized spacial score (nSPS) is 21.9. The zero-order chi connectivity index (χ0) is 28.3. The average Bonchev–Trinajstić information content (AvgIpc) is 3.45. The largest absolute Gasteiger partial charge is 0.371 e. The van der Waals surface area contributed by atoms with Gasteiger partial charge in [0, 0.05) is 62.3 Å². The number of para-hydroxylation sites is 1. The van der Waals surface area contributed by atoms with Crippen molar-refractivity contribution in [3.05, 3.63) is 53.6 Å². The molecule has 3 aliphatic rings. The second-order valence-corrected chi connectivity index (χ2v) is 13.9. The fraction of sp³-hybridized carbons (Fsp3) is 0.633. The van der Waals surface area contributed by atoms with Gasteiger partial charge in [-0.25, -0.2) is 22.7 Å². The molecule has 2 aromatic rings. The molecule has 3 saturated heterocycles. The van der Waals surface area contributed by atoms with Gasteiger partial charge in [-0.1, -0.05) is 18.2 Å². The summed E-state index contributed by atoms with van der Waals surface area (Å²) in [5, 5.41) is 0. The Morgan fingerprint density at radius 3 is 2.35 bits per heavy atom. The molecule has 1 aromatic heterocycles. The van der Waals surface area contributed by atoms with Crippen molar-refractivity contribution >= 4 is 21.6 Å². The van der Waals surface area contributed by atoms with Gasteiger partial charge in [0.25, 0.3) is 5.91 Å². The molecular formula is C30H44N6O3S. The predicted octanol–water partition coefficient (Wildman–Crippen LogP) is 3.20. The van der Waals surface area contributed by atoms with Crippen LogP contribution >= 0.6 is 0 Å². The number of carbonyl (C=O) groups is 1. The summed E-state index contributed by atoms with van der Waals surface area (Å²) in [6.07, 6.45) is 9.56. The number of piperidine rings is 2. The van der Waals surface area contributed by atoms with Crippen molar-refractivity contribution in [3.8, 4) is 0 Å². The molecule has 218 valence electrons. The maximum atomic E-state index is 13.5. The van der Waals surface area contributed by atoms with Gasteiger partial charge in [-0.15, -0.1) is 0 Å². The van der Waals surface area contributed by atoms with Crippen LogP contribution in [0.3, 0.4) is 0 Å². The average molecular weight is 569 g/mol. The van der Waals surface area contributed by atoms with Crippen LogP contribution in [0.25, 0.3) is 0 Å². The van der Waals surface area contributed by atoms with E-state index in [4.69, 9.17) is 0 Å². The molecular weight excluding hydrogens is 524 g/mol. The van der Waals surface area contributed by atoms with Crippen molar-refractivity contribution < 1.29 is 13.2 Å². The molecule has 0 bridgehead atoms. The number of hydrogen-bond donors (Lipinski definition) is 0. The van der Waals surface area contributed by atoms with Crippen LogP contribution in [0.1, 0.15) is 60.3 Å². The maximum Gasteiger partial charge on any atom is 0.272 e. The van der Waals surface area contributed by atoms with E-state index < -0.39 is 10.0 Å². The lowest BCUT2D eigenvalue weighted by atomic mass is 9.97. The van der Waals surface area contributed by atoms with Crippen LogP contribution in [0.15, 0.2) is 36.7 Å². The summed E-state index contributed by atoms with van der Waals surface area (Å²) in [5.74, 6) is 0.647. The molecule has 1 aromatic carbocycles. The third-order valence-electron chi connectivity index (χ3n) is 9.39. The molecule has 4 heterocycles. The maximum absolute atomic E-state index is 13.5. The lowest BCUT2D eigenvalue weighted by Crippen LogP contribution is -2.52. The monoisotopic (exact) mass is 568 g/mol. The molecule has 40 heavy (non-hydrogen) atoms. The Balaban J connectivity index is 1.10. The van der Waals surface area contributed by atoms with E-state index in [0.29, 0.717) is 17.7 Å². The van der Waals surface area contributed by atoms with E-state index in [0.717, 1.165) is 89.1 Å². The number of sulfonamides is 1. The van der Waals surface area contributed by atoms with Gasteiger partial charge in [0.2, 0.25) is 10.0 Å². The van der Waals surface area contributed by atoms with Gasteiger partial charge in [0.1, 0.15) is 12.0 Å². The highest BCUT2D eigenvalue weighted by atomic mass is 32.2. The summed E-state index contributed by atoms with van der Waals surface area (Å²) in [6.45, 7) is 7.42. The summed E-state index contributed by atoms with van der Waals surface area (Å²) < 4.78 is 25.3. The van der Waals surface area contributed by atoms with Crippen molar-refractivity contribution in [2.75, 3.05) is 57.5 Å². The van der Waals surface area contributed by atoms with Crippen LogP contribution < -0.4 is 4.90 Å². The van der Waals surface area contributed by atoms with Gasteiger partial charge in [-0.05, 0) is 83.0 Å². The van der Waals surface area contributed by atoms with Gasteiger partial charge in [0.05, 0.1) is 6.26 Å². The number of aromatic nitrogens is 2. The first-order valence-corrected chi connectivity index (χ1v) is 16.6. The predicted molar refractivity (Wildman–Crippen MR) is 158 cm³/mol. The molecule has 0 aliphatic carbocycles. The quantitative estimate of drug-likeness (QED) is 0.483. The van der Waals surface area contributed by atoms with E-state index in [2.05, 4.69) is 50.1 Å². The van der Waals surface area contributed by atoms with Crippen LogP contribution in [0, 0.1) is 12.8 Å². The van der Waals surface area contributed by atoms with Crippen LogP contribution in [0.4, 0.5) is 5.69 Å². The number of aryl methyl sites for hydroxylation is 1. The molecule has 3 fully saturated rings. The van der Waals surface area contributed by atoms with Gasteiger partial charge in [0.15, 0.2) is 0 Å². The number of carbonyl (C=O) groups excluding carboxylic acids is 1. The number of anilines is 1. The number of likely N-dealkylation sites (tertiary alicyclic amines) is 2. The summed E-state index contributed by atoms with van der Waals surface area (Å²) in [5.41, 5.74) is 3.76. The van der Waals surface area contributed by atoms with E-state index in [1.807, 2.05) is 11.8 Å². The Morgan fingerprint density at radius 2 is 1.68 bits per heavy atom. The summed E-state index contributed by atoms with van der Waals surface area (Å²) >= 11 is 0. The van der Waals surface area contributed by atoms with Gasteiger partial charge >= 0.3 is 0 Å². The van der Waals surface area contributed by atoms with E-state index in [-0.39, 0.29) is 11.9 Å². The molecule has 9 nitrogen and oxygen atoms in total. The highest BCUT2D eigenvalue weighted by Gasteiger charge is 2.33. The third kappa shape index (κ3) is 6.66.